The second-order valence-corrected chi connectivity index (χ2v) is 6.09. The number of carbonyl (C=O) groups is 1. The Bertz CT molecular complexity index is 496. The van der Waals surface area contributed by atoms with Crippen molar-refractivity contribution in [2.24, 2.45) is 5.92 Å². The van der Waals surface area contributed by atoms with Gasteiger partial charge in [0.1, 0.15) is 5.82 Å². The van der Waals surface area contributed by atoms with Gasteiger partial charge in [-0.15, -0.1) is 0 Å². The van der Waals surface area contributed by atoms with Crippen LogP contribution in [0, 0.1) is 11.7 Å². The van der Waals surface area contributed by atoms with Crippen molar-refractivity contribution in [1.82, 2.24) is 10.2 Å². The number of nitrogens with one attached hydrogen (secondary N) is 1. The maximum absolute atomic E-state index is 13.1. The molecule has 1 unspecified atom stereocenters. The average Bonchev–Trinajstić information content (AvgIpc) is 2.51. The van der Waals surface area contributed by atoms with E-state index in [2.05, 4.69) is 5.32 Å². The number of morpholine rings is 1. The topological polar surface area (TPSA) is 41.6 Å². The van der Waals surface area contributed by atoms with Crippen LogP contribution >= 0.6 is 0 Å². The number of ether oxygens (including phenoxy) is 1. The highest BCUT2D eigenvalue weighted by molar-refractivity contribution is 5.78. The van der Waals surface area contributed by atoms with E-state index < -0.39 is 0 Å². The van der Waals surface area contributed by atoms with Crippen LogP contribution in [0.1, 0.15) is 30.9 Å². The van der Waals surface area contributed by atoms with Crippen molar-refractivity contribution in [3.8, 4) is 0 Å². The SMILES string of the molecule is O=C(CNC(c1ccc(F)cc1)C1CCC1)N1CCOCC1. The van der Waals surface area contributed by atoms with Crippen LogP contribution in [-0.4, -0.2) is 43.7 Å². The summed E-state index contributed by atoms with van der Waals surface area (Å²) in [6.45, 7) is 2.92. The van der Waals surface area contributed by atoms with Gasteiger partial charge in [-0.2, -0.15) is 0 Å². The molecule has 1 heterocycles. The van der Waals surface area contributed by atoms with Crippen molar-refractivity contribution >= 4 is 5.91 Å². The lowest BCUT2D eigenvalue weighted by atomic mass is 9.77. The lowest BCUT2D eigenvalue weighted by Crippen LogP contribution is -2.46. The highest BCUT2D eigenvalue weighted by Crippen LogP contribution is 2.37. The number of amides is 1. The molecular weight excluding hydrogens is 283 g/mol. The largest absolute Gasteiger partial charge is 0.378 e. The summed E-state index contributed by atoms with van der Waals surface area (Å²) in [7, 11) is 0. The summed E-state index contributed by atoms with van der Waals surface area (Å²) in [5.74, 6) is 0.443. The summed E-state index contributed by atoms with van der Waals surface area (Å²) in [6, 6.07) is 6.77. The van der Waals surface area contributed by atoms with E-state index in [1.807, 2.05) is 17.0 Å². The number of carbonyl (C=O) groups excluding carboxylic acids is 1. The minimum Gasteiger partial charge on any atom is -0.378 e. The van der Waals surface area contributed by atoms with Gasteiger partial charge in [0.25, 0.3) is 0 Å². The Kier molecular flexibility index (Phi) is 5.05. The molecule has 1 aliphatic heterocycles. The summed E-state index contributed by atoms with van der Waals surface area (Å²) < 4.78 is 18.4. The maximum Gasteiger partial charge on any atom is 0.236 e. The van der Waals surface area contributed by atoms with Gasteiger partial charge in [-0.05, 0) is 36.5 Å². The number of rotatable bonds is 5. The predicted octanol–water partition coefficient (Wildman–Crippen LogP) is 2.12. The first-order valence-electron chi connectivity index (χ1n) is 8.08. The molecule has 1 saturated heterocycles. The van der Waals surface area contributed by atoms with Crippen molar-refractivity contribution in [2.45, 2.75) is 25.3 Å². The number of benzene rings is 1. The Labute approximate surface area is 130 Å². The number of hydrogen-bond acceptors (Lipinski definition) is 3. The first-order chi connectivity index (χ1) is 10.7. The average molecular weight is 306 g/mol. The summed E-state index contributed by atoms with van der Waals surface area (Å²) in [5.41, 5.74) is 1.07. The molecule has 1 atom stereocenters. The zero-order chi connectivity index (χ0) is 15.4. The lowest BCUT2D eigenvalue weighted by molar-refractivity contribution is -0.134. The van der Waals surface area contributed by atoms with Gasteiger partial charge in [0.15, 0.2) is 0 Å². The fourth-order valence-electron chi connectivity index (χ4n) is 3.12. The molecule has 1 aromatic carbocycles. The summed E-state index contributed by atoms with van der Waals surface area (Å²) in [5, 5.41) is 3.40. The van der Waals surface area contributed by atoms with Crippen molar-refractivity contribution in [3.05, 3.63) is 35.6 Å². The van der Waals surface area contributed by atoms with Gasteiger partial charge in [-0.3, -0.25) is 4.79 Å². The Morgan fingerprint density at radius 2 is 1.95 bits per heavy atom. The van der Waals surface area contributed by atoms with E-state index in [0.717, 1.165) is 5.56 Å². The number of nitrogens with zero attached hydrogens (tertiary/aromatic N) is 1. The van der Waals surface area contributed by atoms with Crippen LogP contribution in [0.4, 0.5) is 4.39 Å². The van der Waals surface area contributed by atoms with Crippen molar-refractivity contribution in [3.63, 3.8) is 0 Å². The van der Waals surface area contributed by atoms with Crippen molar-refractivity contribution in [2.75, 3.05) is 32.8 Å². The standard InChI is InChI=1S/C17H23FN2O2/c18-15-6-4-14(5-7-15)17(13-2-1-3-13)19-12-16(21)20-8-10-22-11-9-20/h4-7,13,17,19H,1-3,8-12H2. The first-order valence-corrected chi connectivity index (χ1v) is 8.08. The molecule has 5 heteroatoms. The van der Waals surface area contributed by atoms with Crippen LogP contribution in [0.15, 0.2) is 24.3 Å². The summed E-state index contributed by atoms with van der Waals surface area (Å²) in [6.07, 6.45) is 3.57. The van der Waals surface area contributed by atoms with E-state index >= 15 is 0 Å². The normalized spacial score (nSPS) is 20.5. The molecule has 22 heavy (non-hydrogen) atoms. The molecule has 1 saturated carbocycles. The molecule has 0 bridgehead atoms. The van der Waals surface area contributed by atoms with Crippen LogP contribution in [0.3, 0.4) is 0 Å². The van der Waals surface area contributed by atoms with E-state index in [0.29, 0.717) is 38.8 Å². The molecule has 0 radical (unpaired) electrons. The third-order valence-electron chi connectivity index (χ3n) is 4.69. The number of hydrogen-bond donors (Lipinski definition) is 1. The Balaban J connectivity index is 1.60. The summed E-state index contributed by atoms with van der Waals surface area (Å²) in [4.78, 5) is 14.1. The molecule has 1 N–H and O–H groups in total. The molecule has 1 aromatic rings. The van der Waals surface area contributed by atoms with Crippen LogP contribution in [0.2, 0.25) is 0 Å². The van der Waals surface area contributed by atoms with Gasteiger partial charge < -0.3 is 15.0 Å². The van der Waals surface area contributed by atoms with Crippen LogP contribution in [0.5, 0.6) is 0 Å². The molecule has 120 valence electrons. The molecule has 1 amide bonds. The van der Waals surface area contributed by atoms with E-state index in [9.17, 15) is 9.18 Å². The molecule has 1 aliphatic carbocycles. The lowest BCUT2D eigenvalue weighted by Gasteiger charge is -2.35. The van der Waals surface area contributed by atoms with Gasteiger partial charge in [-0.25, -0.2) is 4.39 Å². The quantitative estimate of drug-likeness (QED) is 0.906. The van der Waals surface area contributed by atoms with Gasteiger partial charge in [0.05, 0.1) is 19.8 Å². The second kappa shape index (κ2) is 7.20. The van der Waals surface area contributed by atoms with Crippen molar-refractivity contribution in [1.29, 1.82) is 0 Å². The van der Waals surface area contributed by atoms with Gasteiger partial charge in [0, 0.05) is 19.1 Å². The Morgan fingerprint density at radius 1 is 1.27 bits per heavy atom. The van der Waals surface area contributed by atoms with Crippen LogP contribution < -0.4 is 5.32 Å². The zero-order valence-corrected chi connectivity index (χ0v) is 12.8. The minimum absolute atomic E-state index is 0.120. The molecule has 4 nitrogen and oxygen atoms in total. The molecule has 3 rings (SSSR count). The Morgan fingerprint density at radius 3 is 2.55 bits per heavy atom. The fourth-order valence-corrected chi connectivity index (χ4v) is 3.12. The summed E-state index contributed by atoms with van der Waals surface area (Å²) >= 11 is 0. The second-order valence-electron chi connectivity index (χ2n) is 6.09. The number of halogens is 1. The third kappa shape index (κ3) is 3.65. The van der Waals surface area contributed by atoms with Crippen LogP contribution in [-0.2, 0) is 9.53 Å². The van der Waals surface area contributed by atoms with Gasteiger partial charge in [-0.1, -0.05) is 18.6 Å². The highest BCUT2D eigenvalue weighted by atomic mass is 19.1. The van der Waals surface area contributed by atoms with Crippen LogP contribution in [0.25, 0.3) is 0 Å². The fraction of sp³-hybridized carbons (Fsp3) is 0.588. The van der Waals surface area contributed by atoms with E-state index in [4.69, 9.17) is 4.74 Å². The van der Waals surface area contributed by atoms with E-state index in [1.54, 1.807) is 0 Å². The van der Waals surface area contributed by atoms with Gasteiger partial charge in [0.2, 0.25) is 5.91 Å². The van der Waals surface area contributed by atoms with E-state index in [1.165, 1.54) is 31.4 Å². The minimum atomic E-state index is -0.222. The molecule has 2 fully saturated rings. The maximum atomic E-state index is 13.1. The highest BCUT2D eigenvalue weighted by Gasteiger charge is 2.29. The zero-order valence-electron chi connectivity index (χ0n) is 12.8. The predicted molar refractivity (Wildman–Crippen MR) is 81.9 cm³/mol. The van der Waals surface area contributed by atoms with E-state index in [-0.39, 0.29) is 17.8 Å². The Hall–Kier alpha value is -1.46. The smallest absolute Gasteiger partial charge is 0.236 e. The van der Waals surface area contributed by atoms with Crippen molar-refractivity contribution < 1.29 is 13.9 Å². The monoisotopic (exact) mass is 306 g/mol. The molecular formula is C17H23FN2O2. The molecule has 0 spiro atoms. The van der Waals surface area contributed by atoms with Gasteiger partial charge >= 0.3 is 0 Å². The molecule has 2 aliphatic rings. The first kappa shape index (κ1) is 15.4. The third-order valence-corrected chi connectivity index (χ3v) is 4.69. The molecule has 0 aromatic heterocycles.